The van der Waals surface area contributed by atoms with Gasteiger partial charge < -0.3 is 20.1 Å². The number of rotatable bonds is 6. The highest BCUT2D eigenvalue weighted by Crippen LogP contribution is 2.53. The summed E-state index contributed by atoms with van der Waals surface area (Å²) in [5.41, 5.74) is 6.64. The minimum absolute atomic E-state index is 0.0383. The first-order valence-electron chi connectivity index (χ1n) is 10.6. The van der Waals surface area contributed by atoms with Gasteiger partial charge in [0.1, 0.15) is 6.07 Å². The van der Waals surface area contributed by atoms with E-state index in [1.165, 1.54) is 4.90 Å². The van der Waals surface area contributed by atoms with Crippen LogP contribution >= 0.6 is 0 Å². The Morgan fingerprint density at radius 1 is 1.16 bits per heavy atom. The molecule has 3 unspecified atom stereocenters. The number of hydrogen-bond donors (Lipinski definition) is 2. The number of nitrogens with zero attached hydrogens (tertiary/aromatic N) is 3. The maximum Gasteiger partial charge on any atom is 0.191 e. The van der Waals surface area contributed by atoms with Crippen LogP contribution in [-0.4, -0.2) is 33.4 Å². The van der Waals surface area contributed by atoms with Gasteiger partial charge in [-0.25, -0.2) is 0 Å². The summed E-state index contributed by atoms with van der Waals surface area (Å²) in [6.45, 7) is 6.40. The molecule has 0 spiro atoms. The van der Waals surface area contributed by atoms with Crippen LogP contribution in [0.25, 0.3) is 0 Å². The van der Waals surface area contributed by atoms with Gasteiger partial charge in [-0.05, 0) is 42.7 Å². The first kappa shape index (κ1) is 22.2. The van der Waals surface area contributed by atoms with Crippen LogP contribution in [0.1, 0.15) is 31.7 Å². The number of benzene rings is 1. The van der Waals surface area contributed by atoms with Gasteiger partial charge in [-0.15, -0.1) is 0 Å². The van der Waals surface area contributed by atoms with Crippen molar-refractivity contribution in [2.24, 2.45) is 17.1 Å². The van der Waals surface area contributed by atoms with Crippen molar-refractivity contribution < 1.29 is 14.4 Å². The number of hydrogen-bond acceptors (Lipinski definition) is 6. The molecule has 7 heteroatoms. The predicted molar refractivity (Wildman–Crippen MR) is 115 cm³/mol. The van der Waals surface area contributed by atoms with E-state index in [-0.39, 0.29) is 17.2 Å². The van der Waals surface area contributed by atoms with Crippen LogP contribution in [-0.2, 0) is 0 Å². The van der Waals surface area contributed by atoms with Crippen LogP contribution in [0.5, 0.6) is 11.5 Å². The zero-order valence-corrected chi connectivity index (χ0v) is 18.2. The van der Waals surface area contributed by atoms with Crippen LogP contribution in [0.4, 0.5) is 0 Å². The van der Waals surface area contributed by atoms with Crippen molar-refractivity contribution in [1.82, 2.24) is 0 Å². The number of likely N-dealkylation sites (N-methyl/N-ethyl adjacent to an activating group) is 1. The quantitative estimate of drug-likeness (QED) is 0.727. The number of fused-ring (bicyclic) bond motifs is 1. The summed E-state index contributed by atoms with van der Waals surface area (Å²) in [5.74, 6) is 0.493. The van der Waals surface area contributed by atoms with E-state index >= 15 is 0 Å². The molecule has 160 valence electrons. The highest BCUT2D eigenvalue weighted by molar-refractivity contribution is 5.60. The summed E-state index contributed by atoms with van der Waals surface area (Å²) >= 11 is 0. The predicted octanol–water partition coefficient (Wildman–Crippen LogP) is 1.81. The Hall–Kier alpha value is -3.47. The van der Waals surface area contributed by atoms with Crippen molar-refractivity contribution >= 4 is 0 Å². The number of nitrogens with two attached hydrogens (primary N) is 1. The molecule has 1 aliphatic heterocycles. The van der Waals surface area contributed by atoms with Gasteiger partial charge in [-0.2, -0.15) is 15.8 Å². The van der Waals surface area contributed by atoms with Crippen molar-refractivity contribution in [3.05, 3.63) is 46.7 Å². The Morgan fingerprint density at radius 2 is 1.90 bits per heavy atom. The van der Waals surface area contributed by atoms with Crippen molar-refractivity contribution in [2.75, 3.05) is 33.4 Å². The van der Waals surface area contributed by atoms with Gasteiger partial charge in [0.05, 0.1) is 56.8 Å². The van der Waals surface area contributed by atoms with Crippen molar-refractivity contribution in [1.29, 1.82) is 15.8 Å². The fourth-order valence-electron chi connectivity index (χ4n) is 4.62. The van der Waals surface area contributed by atoms with Gasteiger partial charge in [0, 0.05) is 11.8 Å². The third kappa shape index (κ3) is 3.72. The minimum atomic E-state index is -1.64. The number of nitriles is 3. The Bertz CT molecular complexity index is 1020. The zero-order valence-electron chi connectivity index (χ0n) is 18.2. The smallest absolute Gasteiger partial charge is 0.191 e. The molecule has 1 aromatic rings. The largest absolute Gasteiger partial charge is 0.490 e. The van der Waals surface area contributed by atoms with Gasteiger partial charge >= 0.3 is 0 Å². The minimum Gasteiger partial charge on any atom is -0.490 e. The summed E-state index contributed by atoms with van der Waals surface area (Å²) < 4.78 is 11.6. The summed E-state index contributed by atoms with van der Waals surface area (Å²) in [4.78, 5) is 1.24. The van der Waals surface area contributed by atoms with Gasteiger partial charge in [0.15, 0.2) is 16.9 Å². The van der Waals surface area contributed by atoms with Gasteiger partial charge in [-0.3, -0.25) is 0 Å². The molecule has 2 aliphatic rings. The zero-order chi connectivity index (χ0) is 22.6. The standard InChI is InChI=1S/C24H27N5O2/c1-4-10-31-20-7-6-16(11-21(20)30-5-2)22-19-13-29(3)9-8-17(19)18(12-25)23(28)24(22,14-26)15-27/h6-8,11,19,22H,4-5,9-10,13,28H2,1-3H3/p+1. The number of quaternary nitrogens is 1. The van der Waals surface area contributed by atoms with Crippen LogP contribution in [0, 0.1) is 45.3 Å². The highest BCUT2D eigenvalue weighted by Gasteiger charge is 2.55. The molecule has 1 aromatic carbocycles. The fraction of sp³-hybridized carbons (Fsp3) is 0.458. The second kappa shape index (κ2) is 9.13. The Morgan fingerprint density at radius 3 is 2.52 bits per heavy atom. The van der Waals surface area contributed by atoms with Crippen LogP contribution in [0.3, 0.4) is 0 Å². The highest BCUT2D eigenvalue weighted by atomic mass is 16.5. The maximum atomic E-state index is 10.2. The molecule has 31 heavy (non-hydrogen) atoms. The van der Waals surface area contributed by atoms with E-state index in [4.69, 9.17) is 15.2 Å². The molecular weight excluding hydrogens is 390 g/mol. The topological polar surface area (TPSA) is 120 Å². The third-order valence-electron chi connectivity index (χ3n) is 6.04. The molecule has 1 aliphatic carbocycles. The summed E-state index contributed by atoms with van der Waals surface area (Å²) in [6.07, 6.45) is 2.88. The average molecular weight is 419 g/mol. The molecule has 0 aromatic heterocycles. The van der Waals surface area contributed by atoms with Crippen molar-refractivity contribution in [2.45, 2.75) is 26.2 Å². The molecule has 0 saturated carbocycles. The molecule has 3 N–H and O–H groups in total. The first-order valence-corrected chi connectivity index (χ1v) is 10.6. The molecule has 0 bridgehead atoms. The van der Waals surface area contributed by atoms with E-state index in [0.717, 1.165) is 24.1 Å². The second-order valence-electron chi connectivity index (χ2n) is 8.03. The van der Waals surface area contributed by atoms with Crippen LogP contribution in [0.15, 0.2) is 41.1 Å². The van der Waals surface area contributed by atoms with Gasteiger partial charge in [-0.1, -0.05) is 13.0 Å². The average Bonchev–Trinajstić information content (AvgIpc) is 2.78. The number of ether oxygens (including phenoxy) is 2. The Kier molecular flexibility index (Phi) is 6.54. The molecule has 0 fully saturated rings. The maximum absolute atomic E-state index is 10.2. The lowest BCUT2D eigenvalue weighted by atomic mass is 9.58. The van der Waals surface area contributed by atoms with Crippen LogP contribution < -0.4 is 20.1 Å². The Labute approximate surface area is 183 Å². The lowest BCUT2D eigenvalue weighted by Gasteiger charge is -2.43. The van der Waals surface area contributed by atoms with Gasteiger partial charge in [0.2, 0.25) is 0 Å². The Balaban J connectivity index is 2.23. The van der Waals surface area contributed by atoms with Crippen LogP contribution in [0.2, 0.25) is 0 Å². The molecule has 7 nitrogen and oxygen atoms in total. The summed E-state index contributed by atoms with van der Waals surface area (Å²) in [7, 11) is 2.06. The summed E-state index contributed by atoms with van der Waals surface area (Å²) in [5, 5.41) is 30.1. The van der Waals surface area contributed by atoms with E-state index in [1.54, 1.807) is 0 Å². The molecule has 0 saturated heterocycles. The molecule has 3 atom stereocenters. The van der Waals surface area contributed by atoms with E-state index in [2.05, 4.69) is 25.3 Å². The molecule has 0 radical (unpaired) electrons. The molecule has 3 rings (SSSR count). The fourth-order valence-corrected chi connectivity index (χ4v) is 4.62. The second-order valence-corrected chi connectivity index (χ2v) is 8.03. The van der Waals surface area contributed by atoms with Gasteiger partial charge in [0.25, 0.3) is 0 Å². The number of nitrogens with one attached hydrogen (secondary N) is 1. The van der Waals surface area contributed by atoms with Crippen molar-refractivity contribution in [3.63, 3.8) is 0 Å². The monoisotopic (exact) mass is 418 g/mol. The normalized spacial score (nSPS) is 24.1. The lowest BCUT2D eigenvalue weighted by Crippen LogP contribution is -3.10. The third-order valence-corrected chi connectivity index (χ3v) is 6.04. The summed E-state index contributed by atoms with van der Waals surface area (Å²) in [6, 6.07) is 12.1. The van der Waals surface area contributed by atoms with E-state index in [0.29, 0.717) is 31.3 Å². The SMILES string of the molecule is CCCOc1ccc(C2C3C[NH+](C)CC=C3C(C#N)=C(N)C2(C#N)C#N)cc1OCC. The first-order chi connectivity index (χ1) is 15.0. The molecule has 0 amide bonds. The van der Waals surface area contributed by atoms with E-state index in [9.17, 15) is 15.8 Å². The molecule has 1 heterocycles. The molecular formula is C24H28N5O2+. The van der Waals surface area contributed by atoms with Crippen molar-refractivity contribution in [3.8, 4) is 29.7 Å². The van der Waals surface area contributed by atoms with E-state index in [1.807, 2.05) is 38.1 Å². The van der Waals surface area contributed by atoms with E-state index < -0.39 is 11.3 Å². The lowest BCUT2D eigenvalue weighted by molar-refractivity contribution is -0.878. The number of allylic oxidation sites excluding steroid dienone is 2.